The van der Waals surface area contributed by atoms with Gasteiger partial charge in [-0.2, -0.15) is 0 Å². The van der Waals surface area contributed by atoms with Crippen molar-refractivity contribution in [2.45, 2.75) is 32.1 Å². The molecular weight excluding hydrogens is 272 g/mol. The van der Waals surface area contributed by atoms with Gasteiger partial charge in [-0.25, -0.2) is 0 Å². The van der Waals surface area contributed by atoms with Gasteiger partial charge in [0, 0.05) is 32.0 Å². The quantitative estimate of drug-likeness (QED) is 0.708. The van der Waals surface area contributed by atoms with Crippen LogP contribution in [0.1, 0.15) is 31.5 Å². The molecular formula is C14H18N4O3. The zero-order valence-electron chi connectivity index (χ0n) is 11.7. The number of rotatable bonds is 8. The summed E-state index contributed by atoms with van der Waals surface area (Å²) in [7, 11) is 0. The molecule has 0 saturated heterocycles. The molecule has 0 bridgehead atoms. The second kappa shape index (κ2) is 7.37. The molecule has 21 heavy (non-hydrogen) atoms. The van der Waals surface area contributed by atoms with Crippen LogP contribution < -0.4 is 5.32 Å². The number of carbonyl (C=O) groups is 2. The number of hydrogen-bond acceptors (Lipinski definition) is 4. The van der Waals surface area contributed by atoms with E-state index in [9.17, 15) is 9.59 Å². The first-order valence-corrected chi connectivity index (χ1v) is 6.94. The molecule has 1 amide bonds. The molecule has 0 aliphatic rings. The van der Waals surface area contributed by atoms with Gasteiger partial charge in [-0.15, -0.1) is 10.2 Å². The predicted octanol–water partition coefficient (Wildman–Crippen LogP) is 1.03. The molecule has 112 valence electrons. The summed E-state index contributed by atoms with van der Waals surface area (Å²) in [5.41, 5.74) is 0.785. The third-order valence-corrected chi connectivity index (χ3v) is 3.10. The lowest BCUT2D eigenvalue weighted by atomic mass is 10.2. The smallest absolute Gasteiger partial charge is 0.303 e. The van der Waals surface area contributed by atoms with E-state index in [0.717, 1.165) is 11.5 Å². The van der Waals surface area contributed by atoms with E-state index < -0.39 is 5.97 Å². The van der Waals surface area contributed by atoms with Crippen LogP contribution in [0.4, 0.5) is 0 Å². The van der Waals surface area contributed by atoms with Crippen LogP contribution in [0, 0.1) is 0 Å². The van der Waals surface area contributed by atoms with E-state index in [1.165, 1.54) is 0 Å². The molecule has 7 nitrogen and oxygen atoms in total. The molecule has 0 saturated carbocycles. The molecule has 2 heterocycles. The number of aliphatic carboxylic acids is 1. The second-order valence-electron chi connectivity index (χ2n) is 4.75. The van der Waals surface area contributed by atoms with Crippen molar-refractivity contribution in [2.24, 2.45) is 0 Å². The van der Waals surface area contributed by atoms with Crippen LogP contribution >= 0.6 is 0 Å². The van der Waals surface area contributed by atoms with Crippen molar-refractivity contribution in [2.75, 3.05) is 6.54 Å². The van der Waals surface area contributed by atoms with Crippen molar-refractivity contribution in [3.63, 3.8) is 0 Å². The van der Waals surface area contributed by atoms with E-state index in [4.69, 9.17) is 5.11 Å². The highest BCUT2D eigenvalue weighted by atomic mass is 16.4. The lowest BCUT2D eigenvalue weighted by molar-refractivity contribution is -0.137. The average Bonchev–Trinajstić information content (AvgIpc) is 2.87. The number of carboxylic acids is 1. The Morgan fingerprint density at radius 3 is 2.81 bits per heavy atom. The Bertz CT molecular complexity index is 623. The molecule has 0 atom stereocenters. The summed E-state index contributed by atoms with van der Waals surface area (Å²) >= 11 is 0. The first-order chi connectivity index (χ1) is 10.2. The lowest BCUT2D eigenvalue weighted by Gasteiger charge is -2.04. The normalized spacial score (nSPS) is 10.7. The third kappa shape index (κ3) is 4.55. The van der Waals surface area contributed by atoms with Gasteiger partial charge in [-0.3, -0.25) is 14.0 Å². The fourth-order valence-corrected chi connectivity index (χ4v) is 2.03. The number of hydrogen-bond donors (Lipinski definition) is 2. The Hall–Kier alpha value is -2.44. The monoisotopic (exact) mass is 290 g/mol. The Labute approximate surface area is 122 Å². The average molecular weight is 290 g/mol. The Morgan fingerprint density at radius 2 is 2.00 bits per heavy atom. The molecule has 0 aliphatic carbocycles. The number of fused-ring (bicyclic) bond motifs is 1. The van der Waals surface area contributed by atoms with Crippen molar-refractivity contribution in [3.8, 4) is 0 Å². The van der Waals surface area contributed by atoms with Crippen LogP contribution in [0.15, 0.2) is 24.4 Å². The first-order valence-electron chi connectivity index (χ1n) is 6.94. The molecule has 2 rings (SSSR count). The number of unbranched alkanes of at least 4 members (excludes halogenated alkanes) is 1. The van der Waals surface area contributed by atoms with E-state index in [-0.39, 0.29) is 12.3 Å². The fraction of sp³-hybridized carbons (Fsp3) is 0.429. The van der Waals surface area contributed by atoms with Crippen molar-refractivity contribution in [1.29, 1.82) is 0 Å². The predicted molar refractivity (Wildman–Crippen MR) is 75.8 cm³/mol. The number of carbonyl (C=O) groups excluding carboxylic acids is 1. The van der Waals surface area contributed by atoms with Gasteiger partial charge in [-0.1, -0.05) is 6.07 Å². The molecule has 0 unspecified atom stereocenters. The molecule has 0 fully saturated rings. The van der Waals surface area contributed by atoms with Crippen LogP contribution in [0.3, 0.4) is 0 Å². The number of nitrogens with zero attached hydrogens (tertiary/aromatic N) is 3. The van der Waals surface area contributed by atoms with Gasteiger partial charge in [0.25, 0.3) is 0 Å². The molecule has 2 aromatic rings. The maximum absolute atomic E-state index is 11.6. The molecule has 0 radical (unpaired) electrons. The van der Waals surface area contributed by atoms with E-state index in [2.05, 4.69) is 15.5 Å². The van der Waals surface area contributed by atoms with Crippen molar-refractivity contribution in [1.82, 2.24) is 19.9 Å². The maximum atomic E-state index is 11.6. The molecule has 2 N–H and O–H groups in total. The van der Waals surface area contributed by atoms with Gasteiger partial charge in [0.2, 0.25) is 5.91 Å². The van der Waals surface area contributed by atoms with Crippen LogP contribution in [0.2, 0.25) is 0 Å². The lowest BCUT2D eigenvalue weighted by Crippen LogP contribution is -2.25. The summed E-state index contributed by atoms with van der Waals surface area (Å²) in [4.78, 5) is 21.9. The minimum absolute atomic E-state index is 0.0609. The Kier molecular flexibility index (Phi) is 5.25. The van der Waals surface area contributed by atoms with Crippen LogP contribution in [-0.4, -0.2) is 38.1 Å². The van der Waals surface area contributed by atoms with Gasteiger partial charge in [0.05, 0.1) is 0 Å². The standard InChI is InChI=1S/C14H18N4O3/c19-13(6-1-2-7-14(20)21)15-9-8-12-17-16-11-5-3-4-10-18(11)12/h3-5,10H,1-2,6-9H2,(H,15,19)(H,20,21). The van der Waals surface area contributed by atoms with E-state index in [1.807, 2.05) is 28.8 Å². The minimum atomic E-state index is -0.825. The van der Waals surface area contributed by atoms with Crippen molar-refractivity contribution < 1.29 is 14.7 Å². The number of nitrogens with one attached hydrogen (secondary N) is 1. The molecule has 2 aromatic heterocycles. The largest absolute Gasteiger partial charge is 0.481 e. The van der Waals surface area contributed by atoms with Crippen molar-refractivity contribution >= 4 is 17.5 Å². The number of amides is 1. The zero-order chi connectivity index (χ0) is 15.1. The van der Waals surface area contributed by atoms with Gasteiger partial charge in [0.1, 0.15) is 5.82 Å². The Morgan fingerprint density at radius 1 is 1.19 bits per heavy atom. The minimum Gasteiger partial charge on any atom is -0.481 e. The van der Waals surface area contributed by atoms with E-state index in [1.54, 1.807) is 0 Å². The van der Waals surface area contributed by atoms with E-state index >= 15 is 0 Å². The van der Waals surface area contributed by atoms with Crippen LogP contribution in [0.25, 0.3) is 5.65 Å². The van der Waals surface area contributed by atoms with Gasteiger partial charge in [0.15, 0.2) is 5.65 Å². The first kappa shape index (κ1) is 15.0. The highest BCUT2D eigenvalue weighted by Gasteiger charge is 2.06. The number of aromatic nitrogens is 3. The maximum Gasteiger partial charge on any atom is 0.303 e. The van der Waals surface area contributed by atoms with Gasteiger partial charge < -0.3 is 10.4 Å². The molecule has 0 spiro atoms. The fourth-order valence-electron chi connectivity index (χ4n) is 2.03. The summed E-state index contributed by atoms with van der Waals surface area (Å²) in [6.07, 6.45) is 4.07. The summed E-state index contributed by atoms with van der Waals surface area (Å²) in [5, 5.41) is 19.4. The summed E-state index contributed by atoms with van der Waals surface area (Å²) in [5.74, 6) is -0.0833. The highest BCUT2D eigenvalue weighted by molar-refractivity contribution is 5.75. The highest BCUT2D eigenvalue weighted by Crippen LogP contribution is 2.03. The van der Waals surface area contributed by atoms with Crippen LogP contribution in [-0.2, 0) is 16.0 Å². The summed E-state index contributed by atoms with van der Waals surface area (Å²) in [6.45, 7) is 0.494. The van der Waals surface area contributed by atoms with Gasteiger partial charge >= 0.3 is 5.97 Å². The molecule has 7 heteroatoms. The molecule has 0 aliphatic heterocycles. The SMILES string of the molecule is O=C(O)CCCCC(=O)NCCc1nnc2ccccn12. The molecule has 0 aromatic carbocycles. The van der Waals surface area contributed by atoms with Crippen molar-refractivity contribution in [3.05, 3.63) is 30.2 Å². The number of pyridine rings is 1. The zero-order valence-corrected chi connectivity index (χ0v) is 11.7. The topological polar surface area (TPSA) is 96.6 Å². The Balaban J connectivity index is 1.69. The van der Waals surface area contributed by atoms with Gasteiger partial charge in [-0.05, 0) is 25.0 Å². The summed E-state index contributed by atoms with van der Waals surface area (Å²) in [6, 6.07) is 5.67. The van der Waals surface area contributed by atoms with Crippen LogP contribution in [0.5, 0.6) is 0 Å². The summed E-state index contributed by atoms with van der Waals surface area (Å²) < 4.78 is 1.89. The number of carboxylic acid groups (broad SMARTS) is 1. The second-order valence-corrected chi connectivity index (χ2v) is 4.75. The van der Waals surface area contributed by atoms with E-state index in [0.29, 0.717) is 32.2 Å². The third-order valence-electron chi connectivity index (χ3n) is 3.10.